The van der Waals surface area contributed by atoms with Gasteiger partial charge in [0.05, 0.1) is 18.6 Å². The molecule has 0 saturated carbocycles. The van der Waals surface area contributed by atoms with Crippen LogP contribution in [0.25, 0.3) is 0 Å². The normalized spacial score (nSPS) is 30.1. The fourth-order valence-corrected chi connectivity index (χ4v) is 2.20. The molecule has 0 radical (unpaired) electrons. The fraction of sp³-hybridized carbons (Fsp3) is 0.636. The molecular formula is C11H13F3N2O4. The van der Waals surface area contributed by atoms with E-state index in [1.54, 1.807) is 0 Å². The molecule has 1 aromatic rings. The summed E-state index contributed by atoms with van der Waals surface area (Å²) in [6.45, 7) is 0.591. The fourth-order valence-electron chi connectivity index (χ4n) is 2.20. The van der Waals surface area contributed by atoms with Crippen LogP contribution in [0.15, 0.2) is 15.8 Å². The van der Waals surface area contributed by atoms with E-state index in [0.29, 0.717) is 4.57 Å². The van der Waals surface area contributed by atoms with Gasteiger partial charge in [0.1, 0.15) is 0 Å². The number of aryl methyl sites for hydroxylation is 1. The second-order valence-electron chi connectivity index (χ2n) is 4.58. The Labute approximate surface area is 110 Å². The summed E-state index contributed by atoms with van der Waals surface area (Å²) in [6.07, 6.45) is -7.18. The van der Waals surface area contributed by atoms with Gasteiger partial charge in [0.2, 0.25) is 6.43 Å². The predicted octanol–water partition coefficient (Wildman–Crippen LogP) is -0.0459. The number of hydrogen-bond acceptors (Lipinski definition) is 4. The predicted molar refractivity (Wildman–Crippen MR) is 61.4 cm³/mol. The number of halogens is 3. The lowest BCUT2D eigenvalue weighted by atomic mass is 10.00. The van der Waals surface area contributed by atoms with Crippen molar-refractivity contribution in [1.29, 1.82) is 0 Å². The van der Waals surface area contributed by atoms with Crippen molar-refractivity contribution in [2.75, 3.05) is 6.61 Å². The molecule has 20 heavy (non-hydrogen) atoms. The minimum absolute atomic E-state index is 0.112. The molecule has 112 valence electrons. The van der Waals surface area contributed by atoms with E-state index in [9.17, 15) is 22.8 Å². The summed E-state index contributed by atoms with van der Waals surface area (Å²) in [5.74, 6) is -1.83. The Morgan fingerprint density at radius 1 is 1.50 bits per heavy atom. The molecule has 2 N–H and O–H groups in total. The topological polar surface area (TPSA) is 84.3 Å². The van der Waals surface area contributed by atoms with Crippen molar-refractivity contribution in [3.05, 3.63) is 32.6 Å². The minimum Gasteiger partial charge on any atom is -0.394 e. The number of alkyl halides is 3. The van der Waals surface area contributed by atoms with E-state index in [1.165, 1.54) is 6.92 Å². The molecule has 1 saturated heterocycles. The Balaban J connectivity index is 2.42. The van der Waals surface area contributed by atoms with E-state index >= 15 is 0 Å². The highest BCUT2D eigenvalue weighted by molar-refractivity contribution is 5.03. The van der Waals surface area contributed by atoms with Gasteiger partial charge in [-0.1, -0.05) is 0 Å². The van der Waals surface area contributed by atoms with Crippen molar-refractivity contribution < 1.29 is 23.0 Å². The molecule has 0 amide bonds. The Morgan fingerprint density at radius 3 is 2.65 bits per heavy atom. The van der Waals surface area contributed by atoms with Crippen molar-refractivity contribution in [2.45, 2.75) is 31.9 Å². The number of nitrogens with one attached hydrogen (secondary N) is 1. The molecular weight excluding hydrogens is 281 g/mol. The number of H-pyrrole nitrogens is 1. The van der Waals surface area contributed by atoms with Gasteiger partial charge in [-0.25, -0.2) is 18.0 Å². The maximum absolute atomic E-state index is 14.1. The van der Waals surface area contributed by atoms with Gasteiger partial charge in [-0.3, -0.25) is 14.3 Å². The SMILES string of the molecule is Cc1cn([C@@H]2O[C@H](CO)[C@@H](C(F)F)C2F)c(=O)[nH]c1=O. The smallest absolute Gasteiger partial charge is 0.330 e. The highest BCUT2D eigenvalue weighted by Crippen LogP contribution is 2.38. The number of aliphatic hydroxyl groups excluding tert-OH is 1. The number of hydrogen-bond donors (Lipinski definition) is 2. The molecule has 2 rings (SSSR count). The Kier molecular flexibility index (Phi) is 4.00. The van der Waals surface area contributed by atoms with E-state index < -0.39 is 48.7 Å². The number of aromatic amines is 1. The summed E-state index contributed by atoms with van der Waals surface area (Å²) >= 11 is 0. The third kappa shape index (κ3) is 2.38. The maximum atomic E-state index is 14.1. The largest absolute Gasteiger partial charge is 0.394 e. The molecule has 1 aliphatic rings. The molecule has 1 aliphatic heterocycles. The summed E-state index contributed by atoms with van der Waals surface area (Å²) in [7, 11) is 0. The molecule has 0 aliphatic carbocycles. The molecule has 1 fully saturated rings. The zero-order valence-electron chi connectivity index (χ0n) is 10.4. The van der Waals surface area contributed by atoms with Crippen LogP contribution in [-0.2, 0) is 4.74 Å². The Hall–Kier alpha value is -1.61. The summed E-state index contributed by atoms with van der Waals surface area (Å²) in [5, 5.41) is 8.97. The van der Waals surface area contributed by atoms with Crippen LogP contribution < -0.4 is 11.2 Å². The van der Waals surface area contributed by atoms with Gasteiger partial charge < -0.3 is 9.84 Å². The van der Waals surface area contributed by atoms with Gasteiger partial charge in [-0.15, -0.1) is 0 Å². The molecule has 0 spiro atoms. The van der Waals surface area contributed by atoms with Gasteiger partial charge in [-0.05, 0) is 6.92 Å². The van der Waals surface area contributed by atoms with Crippen LogP contribution in [0.1, 0.15) is 11.8 Å². The summed E-state index contributed by atoms with van der Waals surface area (Å²) in [4.78, 5) is 24.8. The van der Waals surface area contributed by atoms with Crippen molar-refractivity contribution in [3.8, 4) is 0 Å². The van der Waals surface area contributed by atoms with Gasteiger partial charge >= 0.3 is 5.69 Å². The van der Waals surface area contributed by atoms with Crippen molar-refractivity contribution in [3.63, 3.8) is 0 Å². The van der Waals surface area contributed by atoms with Crippen LogP contribution in [0.3, 0.4) is 0 Å². The second-order valence-corrected chi connectivity index (χ2v) is 4.58. The van der Waals surface area contributed by atoms with Crippen LogP contribution in [0.4, 0.5) is 13.2 Å². The third-order valence-corrected chi connectivity index (χ3v) is 3.27. The standard InChI is InChI=1S/C11H13F3N2O4/c1-4-2-16(11(19)15-9(4)18)10-7(12)6(8(13)14)5(3-17)20-10/h2,5-8,10,17H,3H2,1H3,(H,15,18,19)/t5-,6-,7?,10-/m1/s1. The van der Waals surface area contributed by atoms with Crippen LogP contribution in [0.5, 0.6) is 0 Å². The van der Waals surface area contributed by atoms with Gasteiger partial charge in [-0.2, -0.15) is 0 Å². The zero-order valence-corrected chi connectivity index (χ0v) is 10.4. The van der Waals surface area contributed by atoms with Crippen LogP contribution in [0, 0.1) is 12.8 Å². The van der Waals surface area contributed by atoms with E-state index in [0.717, 1.165) is 6.20 Å². The van der Waals surface area contributed by atoms with Gasteiger partial charge in [0.25, 0.3) is 5.56 Å². The number of aliphatic hydroxyl groups is 1. The Bertz CT molecular complexity index is 600. The zero-order chi connectivity index (χ0) is 15.0. The van der Waals surface area contributed by atoms with E-state index in [2.05, 4.69) is 0 Å². The average molecular weight is 294 g/mol. The molecule has 6 nitrogen and oxygen atoms in total. The summed E-state index contributed by atoms with van der Waals surface area (Å²) in [5.41, 5.74) is -1.50. The quantitative estimate of drug-likeness (QED) is 0.819. The second kappa shape index (κ2) is 5.41. The molecule has 0 aromatic carbocycles. The monoisotopic (exact) mass is 294 g/mol. The lowest BCUT2D eigenvalue weighted by Crippen LogP contribution is -2.36. The minimum atomic E-state index is -3.04. The number of nitrogens with zero attached hydrogens (tertiary/aromatic N) is 1. The average Bonchev–Trinajstić information content (AvgIpc) is 2.71. The number of aromatic nitrogens is 2. The molecule has 4 atom stereocenters. The third-order valence-electron chi connectivity index (χ3n) is 3.27. The first-order chi connectivity index (χ1) is 9.36. The Morgan fingerprint density at radius 2 is 2.15 bits per heavy atom. The molecule has 9 heteroatoms. The van der Waals surface area contributed by atoms with E-state index in [4.69, 9.17) is 9.84 Å². The lowest BCUT2D eigenvalue weighted by molar-refractivity contribution is -0.0526. The maximum Gasteiger partial charge on any atom is 0.330 e. The van der Waals surface area contributed by atoms with E-state index in [1.807, 2.05) is 4.98 Å². The van der Waals surface area contributed by atoms with Crippen LogP contribution in [-0.4, -0.2) is 40.0 Å². The highest BCUT2D eigenvalue weighted by atomic mass is 19.3. The van der Waals surface area contributed by atoms with Crippen LogP contribution in [0.2, 0.25) is 0 Å². The molecule has 1 aromatic heterocycles. The molecule has 1 unspecified atom stereocenters. The van der Waals surface area contributed by atoms with Crippen molar-refractivity contribution in [1.82, 2.24) is 9.55 Å². The van der Waals surface area contributed by atoms with Gasteiger partial charge in [0.15, 0.2) is 12.4 Å². The van der Waals surface area contributed by atoms with Crippen molar-refractivity contribution >= 4 is 0 Å². The highest BCUT2D eigenvalue weighted by Gasteiger charge is 2.50. The lowest BCUT2D eigenvalue weighted by Gasteiger charge is -2.17. The first-order valence-electron chi connectivity index (χ1n) is 5.87. The molecule has 0 bridgehead atoms. The summed E-state index contributed by atoms with van der Waals surface area (Å²) in [6, 6.07) is 0. The molecule has 2 heterocycles. The van der Waals surface area contributed by atoms with Crippen molar-refractivity contribution in [2.24, 2.45) is 5.92 Å². The van der Waals surface area contributed by atoms with Gasteiger partial charge in [0, 0.05) is 11.8 Å². The van der Waals surface area contributed by atoms with Crippen LogP contribution >= 0.6 is 0 Å². The first kappa shape index (κ1) is 14.8. The number of ether oxygens (including phenoxy) is 1. The summed E-state index contributed by atoms with van der Waals surface area (Å²) < 4.78 is 45.3. The van der Waals surface area contributed by atoms with E-state index in [-0.39, 0.29) is 5.56 Å². The number of rotatable bonds is 3. The first-order valence-corrected chi connectivity index (χ1v) is 5.87.